The maximum atomic E-state index is 12.5. The molecule has 3 rings (SSSR count). The van der Waals surface area contributed by atoms with Crippen LogP contribution in [-0.4, -0.2) is 31.5 Å². The lowest BCUT2D eigenvalue weighted by atomic mass is 10.0. The van der Waals surface area contributed by atoms with Crippen molar-refractivity contribution in [1.82, 2.24) is 19.7 Å². The highest BCUT2D eigenvalue weighted by atomic mass is 32.1. The first-order chi connectivity index (χ1) is 11.1. The van der Waals surface area contributed by atoms with Gasteiger partial charge < -0.3 is 0 Å². The van der Waals surface area contributed by atoms with Crippen LogP contribution >= 0.6 is 11.3 Å². The minimum absolute atomic E-state index is 0.0936. The van der Waals surface area contributed by atoms with E-state index in [2.05, 4.69) is 17.0 Å². The van der Waals surface area contributed by atoms with Crippen LogP contribution in [0, 0.1) is 5.92 Å². The first-order valence-corrected chi connectivity index (χ1v) is 8.69. The van der Waals surface area contributed by atoms with Gasteiger partial charge in [0, 0.05) is 25.0 Å². The molecule has 23 heavy (non-hydrogen) atoms. The van der Waals surface area contributed by atoms with Gasteiger partial charge in [0.25, 0.3) is 0 Å². The van der Waals surface area contributed by atoms with Crippen molar-refractivity contribution in [2.24, 2.45) is 13.0 Å². The fourth-order valence-corrected chi connectivity index (χ4v) is 3.74. The molecule has 0 aromatic carbocycles. The molecule has 6 nitrogen and oxygen atoms in total. The van der Waals surface area contributed by atoms with E-state index < -0.39 is 0 Å². The van der Waals surface area contributed by atoms with Gasteiger partial charge in [-0.05, 0) is 24.8 Å². The Hall–Kier alpha value is -2.02. The monoisotopic (exact) mass is 332 g/mol. The van der Waals surface area contributed by atoms with Crippen molar-refractivity contribution in [3.8, 4) is 0 Å². The van der Waals surface area contributed by atoms with Gasteiger partial charge in [-0.25, -0.2) is 4.98 Å². The molecule has 1 aliphatic heterocycles. The summed E-state index contributed by atoms with van der Waals surface area (Å²) in [5.74, 6) is -0.474. The number of aromatic nitrogens is 3. The lowest BCUT2D eigenvalue weighted by Crippen LogP contribution is -2.30. The first-order valence-electron chi connectivity index (χ1n) is 7.81. The first kappa shape index (κ1) is 15.9. The van der Waals surface area contributed by atoms with Crippen LogP contribution in [0.5, 0.6) is 0 Å². The van der Waals surface area contributed by atoms with Crippen molar-refractivity contribution >= 4 is 23.2 Å². The average molecular weight is 332 g/mol. The van der Waals surface area contributed by atoms with Gasteiger partial charge in [0.1, 0.15) is 0 Å². The zero-order valence-electron chi connectivity index (χ0n) is 13.4. The fourth-order valence-electron chi connectivity index (χ4n) is 2.85. The summed E-state index contributed by atoms with van der Waals surface area (Å²) in [6.45, 7) is 2.40. The lowest BCUT2D eigenvalue weighted by Gasteiger charge is -2.13. The third-order valence-corrected chi connectivity index (χ3v) is 4.92. The Bertz CT molecular complexity index is 721. The molecule has 0 saturated carbocycles. The molecule has 0 bridgehead atoms. The summed E-state index contributed by atoms with van der Waals surface area (Å²) in [6, 6.07) is 0. The van der Waals surface area contributed by atoms with E-state index in [1.54, 1.807) is 22.2 Å². The Kier molecular flexibility index (Phi) is 4.56. The molecule has 1 aliphatic rings. The van der Waals surface area contributed by atoms with E-state index in [0.717, 1.165) is 29.1 Å². The molecule has 1 atom stereocenters. The van der Waals surface area contributed by atoms with Crippen molar-refractivity contribution < 1.29 is 9.59 Å². The summed E-state index contributed by atoms with van der Waals surface area (Å²) in [7, 11) is 1.84. The minimum Gasteiger partial charge on any atom is -0.276 e. The molecule has 2 amide bonds. The van der Waals surface area contributed by atoms with E-state index in [9.17, 15) is 9.59 Å². The van der Waals surface area contributed by atoms with Crippen LogP contribution in [0.3, 0.4) is 0 Å². The molecule has 3 heterocycles. The SMILES string of the molecule is CCCc1nc(CN2C(=O)CC(Cc3cnn(C)c3)C2=O)cs1. The van der Waals surface area contributed by atoms with Crippen molar-refractivity contribution in [2.45, 2.75) is 39.2 Å². The highest BCUT2D eigenvalue weighted by Gasteiger charge is 2.38. The summed E-state index contributed by atoms with van der Waals surface area (Å²) in [4.78, 5) is 30.6. The predicted octanol–water partition coefficient (Wildman–Crippen LogP) is 1.95. The average Bonchev–Trinajstić information content (AvgIpc) is 3.18. The van der Waals surface area contributed by atoms with Crippen molar-refractivity contribution in [3.05, 3.63) is 34.0 Å². The van der Waals surface area contributed by atoms with Gasteiger partial charge >= 0.3 is 0 Å². The molecular weight excluding hydrogens is 312 g/mol. The Morgan fingerprint density at radius 2 is 2.22 bits per heavy atom. The van der Waals surface area contributed by atoms with Gasteiger partial charge in [0.2, 0.25) is 11.8 Å². The summed E-state index contributed by atoms with van der Waals surface area (Å²) < 4.78 is 1.71. The topological polar surface area (TPSA) is 68.1 Å². The minimum atomic E-state index is -0.277. The van der Waals surface area contributed by atoms with Crippen molar-refractivity contribution in [3.63, 3.8) is 0 Å². The number of thiazole rings is 1. The Morgan fingerprint density at radius 1 is 1.39 bits per heavy atom. The number of aryl methyl sites for hydroxylation is 2. The number of hydrogen-bond acceptors (Lipinski definition) is 5. The van der Waals surface area contributed by atoms with Crippen LogP contribution in [0.25, 0.3) is 0 Å². The van der Waals surface area contributed by atoms with E-state index in [0.29, 0.717) is 13.0 Å². The molecule has 0 aliphatic carbocycles. The lowest BCUT2D eigenvalue weighted by molar-refractivity contribution is -0.140. The number of rotatable bonds is 6. The maximum absolute atomic E-state index is 12.5. The van der Waals surface area contributed by atoms with Crippen LogP contribution in [-0.2, 0) is 36.0 Å². The van der Waals surface area contributed by atoms with Gasteiger partial charge in [-0.15, -0.1) is 11.3 Å². The highest BCUT2D eigenvalue weighted by molar-refractivity contribution is 7.09. The third-order valence-electron chi connectivity index (χ3n) is 3.96. The van der Waals surface area contributed by atoms with E-state index in [4.69, 9.17) is 0 Å². The van der Waals surface area contributed by atoms with E-state index >= 15 is 0 Å². The van der Waals surface area contributed by atoms with Gasteiger partial charge in [-0.2, -0.15) is 5.10 Å². The number of carbonyl (C=O) groups excluding carboxylic acids is 2. The zero-order chi connectivity index (χ0) is 16.4. The number of nitrogens with zero attached hydrogens (tertiary/aromatic N) is 4. The smallest absolute Gasteiger partial charge is 0.233 e. The van der Waals surface area contributed by atoms with Crippen LogP contribution in [0.2, 0.25) is 0 Å². The quantitative estimate of drug-likeness (QED) is 0.758. The Morgan fingerprint density at radius 3 is 2.91 bits per heavy atom. The number of hydrogen-bond donors (Lipinski definition) is 0. The molecule has 0 N–H and O–H groups in total. The van der Waals surface area contributed by atoms with Gasteiger partial charge in [-0.3, -0.25) is 19.2 Å². The number of amides is 2. The number of imide groups is 1. The van der Waals surface area contributed by atoms with Gasteiger partial charge in [0.15, 0.2) is 0 Å². The molecule has 1 unspecified atom stereocenters. The summed E-state index contributed by atoms with van der Waals surface area (Å²) in [6.07, 6.45) is 6.46. The number of carbonyl (C=O) groups is 2. The van der Waals surface area contributed by atoms with Crippen molar-refractivity contribution in [1.29, 1.82) is 0 Å². The molecule has 7 heteroatoms. The van der Waals surface area contributed by atoms with Crippen LogP contribution < -0.4 is 0 Å². The number of likely N-dealkylation sites (tertiary alicyclic amines) is 1. The van der Waals surface area contributed by atoms with Crippen LogP contribution in [0.4, 0.5) is 0 Å². The largest absolute Gasteiger partial charge is 0.276 e. The Balaban J connectivity index is 1.65. The molecule has 1 fully saturated rings. The van der Waals surface area contributed by atoms with Crippen molar-refractivity contribution in [2.75, 3.05) is 0 Å². The molecule has 0 radical (unpaired) electrons. The van der Waals surface area contributed by atoms with E-state index in [-0.39, 0.29) is 24.2 Å². The highest BCUT2D eigenvalue weighted by Crippen LogP contribution is 2.25. The summed E-state index contributed by atoms with van der Waals surface area (Å²) in [5.41, 5.74) is 1.79. The second kappa shape index (κ2) is 6.62. The summed E-state index contributed by atoms with van der Waals surface area (Å²) >= 11 is 1.59. The standard InChI is InChI=1S/C16H20N4O2S/c1-3-4-14-18-13(10-23-14)9-20-15(21)6-12(16(20)22)5-11-7-17-19(2)8-11/h7-8,10,12H,3-6,9H2,1-2H3. The molecular formula is C16H20N4O2S. The molecule has 2 aromatic rings. The molecule has 2 aromatic heterocycles. The normalized spacial score (nSPS) is 18.2. The van der Waals surface area contributed by atoms with Crippen LogP contribution in [0.15, 0.2) is 17.8 Å². The molecule has 0 spiro atoms. The Labute approximate surface area is 139 Å². The van der Waals surface area contributed by atoms with E-state index in [1.165, 1.54) is 4.90 Å². The maximum Gasteiger partial charge on any atom is 0.233 e. The van der Waals surface area contributed by atoms with Crippen LogP contribution in [0.1, 0.15) is 36.0 Å². The van der Waals surface area contributed by atoms with E-state index in [1.807, 2.05) is 18.6 Å². The summed E-state index contributed by atoms with van der Waals surface area (Å²) in [5, 5.41) is 7.12. The second-order valence-electron chi connectivity index (χ2n) is 5.93. The molecule has 1 saturated heterocycles. The van der Waals surface area contributed by atoms with Gasteiger partial charge in [0.05, 0.1) is 29.4 Å². The predicted molar refractivity (Wildman–Crippen MR) is 86.7 cm³/mol. The third kappa shape index (κ3) is 3.50. The van der Waals surface area contributed by atoms with Gasteiger partial charge in [-0.1, -0.05) is 6.92 Å². The zero-order valence-corrected chi connectivity index (χ0v) is 14.2. The second-order valence-corrected chi connectivity index (χ2v) is 6.87. The molecule has 122 valence electrons. The fraction of sp³-hybridized carbons (Fsp3) is 0.500.